The molecule has 1 saturated heterocycles. The Morgan fingerprint density at radius 2 is 1.62 bits per heavy atom. The standard InChI is InChI=1S/C32H39F2N7O/c1-22(24-8-4-3-5-9-24)39(2)25-14-12-23(13-15-25)21-35-32-37-28(40-16-18-42-19-17-40)20-29(38-32)41-27-11-7-6-10-26(27)36-31(41)30(33)34/h3-11,20,22-23,25,30H,12-19,21H2,1-2H3,(H,35,37,38). The third-order valence-corrected chi connectivity index (χ3v) is 8.88. The van der Waals surface area contributed by atoms with E-state index in [0.29, 0.717) is 72.9 Å². The van der Waals surface area contributed by atoms with Gasteiger partial charge in [-0.25, -0.2) is 13.8 Å². The second-order valence-corrected chi connectivity index (χ2v) is 11.4. The molecule has 1 unspecified atom stereocenters. The number of ether oxygens (including phenoxy) is 1. The molecule has 1 N–H and O–H groups in total. The fraction of sp³-hybridized carbons (Fsp3) is 0.469. The van der Waals surface area contributed by atoms with E-state index in [1.165, 1.54) is 10.1 Å². The van der Waals surface area contributed by atoms with Crippen LogP contribution >= 0.6 is 0 Å². The average molecular weight is 576 g/mol. The second-order valence-electron chi connectivity index (χ2n) is 11.4. The minimum absolute atomic E-state index is 0.319. The van der Waals surface area contributed by atoms with Crippen LogP contribution in [0, 0.1) is 5.92 Å². The van der Waals surface area contributed by atoms with E-state index >= 15 is 0 Å². The number of nitrogens with one attached hydrogen (secondary N) is 1. The van der Waals surface area contributed by atoms with Crippen LogP contribution in [0.15, 0.2) is 60.7 Å². The SMILES string of the molecule is CC(c1ccccc1)N(C)C1CCC(CNc2nc(N3CCOCC3)cc(-n3c(C(F)F)nc4ccccc43)n2)CC1. The molecule has 1 saturated carbocycles. The fourth-order valence-electron chi connectivity index (χ4n) is 6.28. The van der Waals surface area contributed by atoms with Crippen molar-refractivity contribution in [1.82, 2.24) is 24.4 Å². The third kappa shape index (κ3) is 6.10. The summed E-state index contributed by atoms with van der Waals surface area (Å²) in [5, 5.41) is 3.47. The zero-order valence-electron chi connectivity index (χ0n) is 24.3. The lowest BCUT2D eigenvalue weighted by atomic mass is 9.84. The predicted octanol–water partition coefficient (Wildman–Crippen LogP) is 6.25. The molecule has 0 amide bonds. The number of imidazole rings is 1. The predicted molar refractivity (Wildman–Crippen MR) is 162 cm³/mol. The summed E-state index contributed by atoms with van der Waals surface area (Å²) in [7, 11) is 2.24. The van der Waals surface area contributed by atoms with Gasteiger partial charge in [0.05, 0.1) is 24.2 Å². The first kappa shape index (κ1) is 28.5. The van der Waals surface area contributed by atoms with E-state index in [2.05, 4.69) is 64.4 Å². The van der Waals surface area contributed by atoms with Gasteiger partial charge in [-0.1, -0.05) is 42.5 Å². The van der Waals surface area contributed by atoms with Crippen molar-refractivity contribution in [2.24, 2.45) is 5.92 Å². The number of hydrogen-bond acceptors (Lipinski definition) is 7. The normalized spacial score (nSPS) is 20.4. The molecular formula is C32H39F2N7O. The van der Waals surface area contributed by atoms with Gasteiger partial charge in [0.1, 0.15) is 11.6 Å². The summed E-state index contributed by atoms with van der Waals surface area (Å²) in [6.45, 7) is 5.58. The summed E-state index contributed by atoms with van der Waals surface area (Å²) in [5.74, 6) is 1.71. The summed E-state index contributed by atoms with van der Waals surface area (Å²) in [6, 6.07) is 20.5. The smallest absolute Gasteiger partial charge is 0.296 e. The molecule has 2 aromatic heterocycles. The first-order valence-electron chi connectivity index (χ1n) is 15.0. The number of fused-ring (bicyclic) bond motifs is 1. The maximum absolute atomic E-state index is 14.2. The van der Waals surface area contributed by atoms with Gasteiger partial charge in [-0.3, -0.25) is 9.47 Å². The minimum Gasteiger partial charge on any atom is -0.378 e. The Morgan fingerprint density at radius 1 is 0.929 bits per heavy atom. The van der Waals surface area contributed by atoms with Crippen LogP contribution in [0.2, 0.25) is 0 Å². The van der Waals surface area contributed by atoms with Gasteiger partial charge in [0.2, 0.25) is 5.95 Å². The maximum Gasteiger partial charge on any atom is 0.296 e. The van der Waals surface area contributed by atoms with Gasteiger partial charge >= 0.3 is 0 Å². The molecule has 1 aliphatic heterocycles. The van der Waals surface area contributed by atoms with Crippen molar-refractivity contribution < 1.29 is 13.5 Å². The van der Waals surface area contributed by atoms with Crippen LogP contribution < -0.4 is 10.2 Å². The summed E-state index contributed by atoms with van der Waals surface area (Å²) in [4.78, 5) is 18.4. The lowest BCUT2D eigenvalue weighted by molar-refractivity contribution is 0.122. The lowest BCUT2D eigenvalue weighted by Gasteiger charge is -2.38. The Bertz CT molecular complexity index is 1470. The van der Waals surface area contributed by atoms with Gasteiger partial charge in [0.15, 0.2) is 5.82 Å². The van der Waals surface area contributed by atoms with E-state index in [1.54, 1.807) is 24.3 Å². The number of hydrogen-bond donors (Lipinski definition) is 1. The van der Waals surface area contributed by atoms with E-state index in [9.17, 15) is 8.78 Å². The van der Waals surface area contributed by atoms with E-state index < -0.39 is 6.43 Å². The molecule has 222 valence electrons. The molecule has 1 atom stereocenters. The topological polar surface area (TPSA) is 71.3 Å². The number of anilines is 2. The molecule has 0 bridgehead atoms. The second kappa shape index (κ2) is 12.7. The number of nitrogens with zero attached hydrogens (tertiary/aromatic N) is 6. The highest BCUT2D eigenvalue weighted by atomic mass is 19.3. The number of rotatable bonds is 9. The highest BCUT2D eigenvalue weighted by Crippen LogP contribution is 2.33. The van der Waals surface area contributed by atoms with Crippen LogP contribution in [0.4, 0.5) is 20.5 Å². The highest BCUT2D eigenvalue weighted by Gasteiger charge is 2.28. The molecule has 6 rings (SSSR count). The van der Waals surface area contributed by atoms with Gasteiger partial charge in [-0.15, -0.1) is 0 Å². The molecule has 42 heavy (non-hydrogen) atoms. The van der Waals surface area contributed by atoms with Crippen molar-refractivity contribution in [3.8, 4) is 5.82 Å². The first-order chi connectivity index (χ1) is 20.5. The number of para-hydroxylation sites is 2. The Kier molecular flexibility index (Phi) is 8.62. The van der Waals surface area contributed by atoms with Crippen LogP contribution in [0.5, 0.6) is 0 Å². The van der Waals surface area contributed by atoms with Gasteiger partial charge in [0.25, 0.3) is 6.43 Å². The number of alkyl halides is 2. The Labute approximate surface area is 245 Å². The van der Waals surface area contributed by atoms with Crippen LogP contribution in [0.1, 0.15) is 56.5 Å². The lowest BCUT2D eigenvalue weighted by Crippen LogP contribution is -2.38. The van der Waals surface area contributed by atoms with Crippen molar-refractivity contribution in [3.63, 3.8) is 0 Å². The zero-order valence-corrected chi connectivity index (χ0v) is 24.3. The minimum atomic E-state index is -2.74. The molecule has 2 aromatic carbocycles. The third-order valence-electron chi connectivity index (χ3n) is 8.88. The van der Waals surface area contributed by atoms with Crippen LogP contribution in [0.3, 0.4) is 0 Å². The number of morpholine rings is 1. The quantitative estimate of drug-likeness (QED) is 0.253. The van der Waals surface area contributed by atoms with Crippen LogP contribution in [-0.2, 0) is 4.74 Å². The molecule has 8 nitrogen and oxygen atoms in total. The monoisotopic (exact) mass is 575 g/mol. The summed E-state index contributed by atoms with van der Waals surface area (Å²) < 4.78 is 35.3. The summed E-state index contributed by atoms with van der Waals surface area (Å²) in [6.07, 6.45) is 1.76. The molecule has 4 aromatic rings. The first-order valence-corrected chi connectivity index (χ1v) is 15.0. The molecule has 2 fully saturated rings. The van der Waals surface area contributed by atoms with Crippen LogP contribution in [-0.4, -0.2) is 70.4 Å². The zero-order chi connectivity index (χ0) is 29.1. The number of benzene rings is 2. The van der Waals surface area contributed by atoms with Crippen molar-refractivity contribution in [2.75, 3.05) is 50.1 Å². The summed E-state index contributed by atoms with van der Waals surface area (Å²) >= 11 is 0. The van der Waals surface area contributed by atoms with Gasteiger partial charge in [-0.2, -0.15) is 9.97 Å². The van der Waals surface area contributed by atoms with Crippen LogP contribution in [0.25, 0.3) is 16.9 Å². The number of halogens is 2. The largest absolute Gasteiger partial charge is 0.378 e. The van der Waals surface area contributed by atoms with Crippen molar-refractivity contribution in [1.29, 1.82) is 0 Å². The van der Waals surface area contributed by atoms with Gasteiger partial charge in [-0.05, 0) is 63.3 Å². The Hall–Kier alpha value is -3.63. The number of aromatic nitrogens is 4. The van der Waals surface area contributed by atoms with Crippen molar-refractivity contribution >= 4 is 22.8 Å². The Morgan fingerprint density at radius 3 is 2.36 bits per heavy atom. The van der Waals surface area contributed by atoms with Crippen molar-refractivity contribution in [3.05, 3.63) is 72.1 Å². The summed E-state index contributed by atoms with van der Waals surface area (Å²) in [5.41, 5.74) is 2.45. The molecular weight excluding hydrogens is 536 g/mol. The van der Waals surface area contributed by atoms with E-state index in [1.807, 2.05) is 6.07 Å². The van der Waals surface area contributed by atoms with E-state index in [-0.39, 0.29) is 5.82 Å². The van der Waals surface area contributed by atoms with E-state index in [0.717, 1.165) is 32.2 Å². The Balaban J connectivity index is 1.19. The highest BCUT2D eigenvalue weighted by molar-refractivity contribution is 5.78. The molecule has 1 aliphatic carbocycles. The molecule has 2 aliphatic rings. The molecule has 0 spiro atoms. The fourth-order valence-corrected chi connectivity index (χ4v) is 6.28. The van der Waals surface area contributed by atoms with Crippen molar-refractivity contribution in [2.45, 2.75) is 51.1 Å². The van der Waals surface area contributed by atoms with Gasteiger partial charge in [0, 0.05) is 37.8 Å². The molecule has 0 radical (unpaired) electrons. The molecule has 3 heterocycles. The van der Waals surface area contributed by atoms with Gasteiger partial charge < -0.3 is 15.0 Å². The maximum atomic E-state index is 14.2. The van der Waals surface area contributed by atoms with E-state index in [4.69, 9.17) is 14.7 Å². The molecule has 10 heteroatoms. The average Bonchev–Trinajstić information content (AvgIpc) is 3.44.